The lowest BCUT2D eigenvalue weighted by atomic mass is 10.2. The minimum absolute atomic E-state index is 0.0994. The molecule has 0 N–H and O–H groups in total. The van der Waals surface area contributed by atoms with Gasteiger partial charge in [-0.3, -0.25) is 4.79 Å². The summed E-state index contributed by atoms with van der Waals surface area (Å²) in [5.74, 6) is 0.278. The quantitative estimate of drug-likeness (QED) is 0.663. The minimum atomic E-state index is -0.273. The molecule has 1 fully saturated rings. The van der Waals surface area contributed by atoms with Crippen LogP contribution in [0.5, 0.6) is 0 Å². The number of nitrogens with zero attached hydrogens (tertiary/aromatic N) is 1. The molecule has 15 heavy (non-hydrogen) atoms. The number of fused-ring (bicyclic) bond motifs is 1. The number of thioether (sulfide) groups is 1. The van der Waals surface area contributed by atoms with E-state index in [9.17, 15) is 9.59 Å². The number of carbonyl (C=O) groups is 2. The molecule has 0 bridgehead atoms. The Morgan fingerprint density at radius 3 is 2.93 bits per heavy atom. The second-order valence-electron chi connectivity index (χ2n) is 3.82. The van der Waals surface area contributed by atoms with Gasteiger partial charge in [-0.2, -0.15) is 0 Å². The maximum atomic E-state index is 11.7. The molecule has 1 saturated heterocycles. The van der Waals surface area contributed by atoms with E-state index in [2.05, 4.69) is 0 Å². The van der Waals surface area contributed by atoms with Crippen molar-refractivity contribution in [3.05, 3.63) is 10.6 Å². The fourth-order valence-corrected chi connectivity index (χ4v) is 2.81. The molecule has 2 rings (SSSR count). The van der Waals surface area contributed by atoms with Crippen molar-refractivity contribution in [2.75, 3.05) is 12.3 Å². The normalized spacial score (nSPS) is 20.2. The molecule has 0 unspecified atom stereocenters. The standard InChI is InChI=1S/C10H13NO3S/c1-6(2)14-10(13)7-3-4-11-8(12)5-15-9(7)11/h6H,3-5H2,1-2H3. The largest absolute Gasteiger partial charge is 0.460 e. The van der Waals surface area contributed by atoms with Crippen molar-refractivity contribution in [2.24, 2.45) is 0 Å². The van der Waals surface area contributed by atoms with Gasteiger partial charge in [-0.05, 0) is 13.8 Å². The molecular formula is C10H13NO3S. The van der Waals surface area contributed by atoms with Gasteiger partial charge in [0.2, 0.25) is 5.91 Å². The first kappa shape index (κ1) is 10.5. The Kier molecular flexibility index (Phi) is 2.73. The zero-order valence-corrected chi connectivity index (χ0v) is 9.60. The van der Waals surface area contributed by atoms with Gasteiger partial charge in [0.1, 0.15) is 0 Å². The highest BCUT2D eigenvalue weighted by Gasteiger charge is 2.36. The van der Waals surface area contributed by atoms with Gasteiger partial charge in [-0.25, -0.2) is 4.79 Å². The molecule has 2 aliphatic heterocycles. The van der Waals surface area contributed by atoms with E-state index in [4.69, 9.17) is 4.74 Å². The maximum Gasteiger partial charge on any atom is 0.336 e. The van der Waals surface area contributed by atoms with Gasteiger partial charge in [0.25, 0.3) is 0 Å². The van der Waals surface area contributed by atoms with Crippen LogP contribution in [0, 0.1) is 0 Å². The van der Waals surface area contributed by atoms with Crippen LogP contribution < -0.4 is 0 Å². The Morgan fingerprint density at radius 2 is 2.27 bits per heavy atom. The lowest BCUT2D eigenvalue weighted by molar-refractivity contribution is -0.142. The third-order valence-electron chi connectivity index (χ3n) is 2.31. The van der Waals surface area contributed by atoms with E-state index in [1.807, 2.05) is 13.8 Å². The van der Waals surface area contributed by atoms with E-state index in [1.165, 1.54) is 11.8 Å². The highest BCUT2D eigenvalue weighted by Crippen LogP contribution is 2.38. The number of esters is 1. The van der Waals surface area contributed by atoms with Crippen molar-refractivity contribution in [3.63, 3.8) is 0 Å². The first-order valence-corrected chi connectivity index (χ1v) is 5.95. The summed E-state index contributed by atoms with van der Waals surface area (Å²) >= 11 is 1.44. The van der Waals surface area contributed by atoms with E-state index in [0.29, 0.717) is 24.3 Å². The molecule has 0 aromatic rings. The first-order valence-electron chi connectivity index (χ1n) is 4.97. The molecule has 0 aromatic carbocycles. The molecule has 5 heteroatoms. The van der Waals surface area contributed by atoms with Crippen LogP contribution in [0.3, 0.4) is 0 Å². The summed E-state index contributed by atoms with van der Waals surface area (Å²) in [6.07, 6.45) is 0.515. The molecule has 0 saturated carbocycles. The predicted octanol–water partition coefficient (Wildman–Crippen LogP) is 1.13. The zero-order chi connectivity index (χ0) is 11.0. The average molecular weight is 227 g/mol. The van der Waals surface area contributed by atoms with E-state index >= 15 is 0 Å². The number of hydrogen-bond donors (Lipinski definition) is 0. The Bertz CT molecular complexity index is 349. The Hall–Kier alpha value is -0.970. The molecule has 0 aliphatic carbocycles. The third-order valence-corrected chi connectivity index (χ3v) is 3.44. The van der Waals surface area contributed by atoms with Crippen LogP contribution in [0.25, 0.3) is 0 Å². The monoisotopic (exact) mass is 227 g/mol. The number of amides is 1. The van der Waals surface area contributed by atoms with E-state index in [0.717, 1.165) is 5.03 Å². The molecule has 2 heterocycles. The third kappa shape index (κ3) is 1.88. The fourth-order valence-electron chi connectivity index (χ4n) is 1.68. The van der Waals surface area contributed by atoms with Crippen molar-refractivity contribution >= 4 is 23.6 Å². The van der Waals surface area contributed by atoms with Crippen molar-refractivity contribution < 1.29 is 14.3 Å². The summed E-state index contributed by atoms with van der Waals surface area (Å²) in [5, 5.41) is 0.811. The number of carbonyl (C=O) groups excluding carboxylic acids is 2. The second kappa shape index (κ2) is 3.89. The molecule has 1 amide bonds. The lowest BCUT2D eigenvalue weighted by Crippen LogP contribution is -2.21. The summed E-state index contributed by atoms with van der Waals surface area (Å²) in [4.78, 5) is 24.7. The van der Waals surface area contributed by atoms with Gasteiger partial charge in [0, 0.05) is 13.0 Å². The highest BCUT2D eigenvalue weighted by molar-refractivity contribution is 8.04. The maximum absolute atomic E-state index is 11.7. The molecule has 0 aromatic heterocycles. The minimum Gasteiger partial charge on any atom is -0.460 e. The van der Waals surface area contributed by atoms with E-state index in [1.54, 1.807) is 4.90 Å². The molecule has 0 radical (unpaired) electrons. The SMILES string of the molecule is CC(C)OC(=O)C1=C2SCC(=O)N2CC1. The number of ether oxygens (including phenoxy) is 1. The predicted molar refractivity (Wildman–Crippen MR) is 57.0 cm³/mol. The second-order valence-corrected chi connectivity index (χ2v) is 4.79. The summed E-state index contributed by atoms with van der Waals surface area (Å²) in [5.41, 5.74) is 0.666. The van der Waals surface area contributed by atoms with Crippen LogP contribution in [0.4, 0.5) is 0 Å². The van der Waals surface area contributed by atoms with Crippen molar-refractivity contribution in [1.82, 2.24) is 4.90 Å². The van der Waals surface area contributed by atoms with Gasteiger partial charge in [0.15, 0.2) is 0 Å². The zero-order valence-electron chi connectivity index (χ0n) is 8.78. The van der Waals surface area contributed by atoms with E-state index in [-0.39, 0.29) is 18.0 Å². The molecular weight excluding hydrogens is 214 g/mol. The van der Waals surface area contributed by atoms with Crippen LogP contribution in [0.1, 0.15) is 20.3 Å². The molecule has 0 atom stereocenters. The number of hydrogen-bond acceptors (Lipinski definition) is 4. The van der Waals surface area contributed by atoms with Gasteiger partial charge < -0.3 is 9.64 Å². The van der Waals surface area contributed by atoms with Crippen LogP contribution in [0.2, 0.25) is 0 Å². The van der Waals surface area contributed by atoms with Crippen LogP contribution >= 0.6 is 11.8 Å². The van der Waals surface area contributed by atoms with Crippen molar-refractivity contribution in [2.45, 2.75) is 26.4 Å². The van der Waals surface area contributed by atoms with Gasteiger partial charge >= 0.3 is 5.97 Å². The van der Waals surface area contributed by atoms with Crippen molar-refractivity contribution in [1.29, 1.82) is 0 Å². The van der Waals surface area contributed by atoms with Gasteiger partial charge in [0.05, 0.1) is 22.5 Å². The molecule has 4 nitrogen and oxygen atoms in total. The Balaban J connectivity index is 2.16. The Labute approximate surface area is 92.6 Å². The Morgan fingerprint density at radius 1 is 1.53 bits per heavy atom. The van der Waals surface area contributed by atoms with Crippen LogP contribution in [-0.4, -0.2) is 35.2 Å². The molecule has 2 aliphatic rings. The van der Waals surface area contributed by atoms with E-state index < -0.39 is 0 Å². The van der Waals surface area contributed by atoms with Gasteiger partial charge in [-0.15, -0.1) is 0 Å². The fraction of sp³-hybridized carbons (Fsp3) is 0.600. The summed E-state index contributed by atoms with van der Waals surface area (Å²) in [6.45, 7) is 4.27. The van der Waals surface area contributed by atoms with Crippen LogP contribution in [0.15, 0.2) is 10.6 Å². The van der Waals surface area contributed by atoms with Crippen LogP contribution in [-0.2, 0) is 14.3 Å². The first-order chi connectivity index (χ1) is 7.09. The van der Waals surface area contributed by atoms with Gasteiger partial charge in [-0.1, -0.05) is 11.8 Å². The smallest absolute Gasteiger partial charge is 0.336 e. The molecule has 0 spiro atoms. The van der Waals surface area contributed by atoms with Crippen molar-refractivity contribution in [3.8, 4) is 0 Å². The lowest BCUT2D eigenvalue weighted by Gasteiger charge is -2.09. The highest BCUT2D eigenvalue weighted by atomic mass is 32.2. The summed E-state index contributed by atoms with van der Waals surface area (Å²) < 4.78 is 5.13. The number of rotatable bonds is 2. The summed E-state index contributed by atoms with van der Waals surface area (Å²) in [7, 11) is 0. The average Bonchev–Trinajstić information content (AvgIpc) is 2.67. The topological polar surface area (TPSA) is 46.6 Å². The molecule has 82 valence electrons. The summed E-state index contributed by atoms with van der Waals surface area (Å²) in [6, 6.07) is 0.